The van der Waals surface area contributed by atoms with Gasteiger partial charge in [0.05, 0.1) is 17.4 Å². The highest BCUT2D eigenvalue weighted by Crippen LogP contribution is 2.34. The lowest BCUT2D eigenvalue weighted by atomic mass is 10.0. The summed E-state index contributed by atoms with van der Waals surface area (Å²) in [5, 5.41) is 1.75. The Labute approximate surface area is 114 Å². The van der Waals surface area contributed by atoms with Crippen LogP contribution in [0.15, 0.2) is 24.3 Å². The lowest BCUT2D eigenvalue weighted by molar-refractivity contribution is -0.138. The standard InChI is InChI=1S/C11H9BrF5NO/c12-5-9(19)18-6-10(13,14)7-2-1-3-8(4-7)11(15,16)17/h1-4H,5-6H2,(H,18,19). The molecule has 0 atom stereocenters. The van der Waals surface area contributed by atoms with Gasteiger partial charge in [0.15, 0.2) is 0 Å². The molecule has 1 N–H and O–H groups in total. The number of carbonyl (C=O) groups excluding carboxylic acids is 1. The van der Waals surface area contributed by atoms with Crippen molar-refractivity contribution in [1.82, 2.24) is 5.32 Å². The molecular weight excluding hydrogens is 337 g/mol. The molecule has 8 heteroatoms. The molecule has 0 aliphatic carbocycles. The van der Waals surface area contributed by atoms with E-state index in [1.807, 2.05) is 5.32 Å². The van der Waals surface area contributed by atoms with Crippen LogP contribution in [0.1, 0.15) is 11.1 Å². The van der Waals surface area contributed by atoms with Crippen molar-refractivity contribution in [1.29, 1.82) is 0 Å². The van der Waals surface area contributed by atoms with Crippen LogP contribution in [0.5, 0.6) is 0 Å². The molecule has 0 heterocycles. The third-order valence-electron chi connectivity index (χ3n) is 2.24. The van der Waals surface area contributed by atoms with E-state index in [1.165, 1.54) is 0 Å². The first-order valence-electron chi connectivity index (χ1n) is 5.05. The van der Waals surface area contributed by atoms with Gasteiger partial charge in [0, 0.05) is 5.56 Å². The van der Waals surface area contributed by atoms with Gasteiger partial charge in [0.25, 0.3) is 5.92 Å². The highest BCUT2D eigenvalue weighted by Gasteiger charge is 2.36. The minimum absolute atomic E-state index is 0.161. The van der Waals surface area contributed by atoms with E-state index in [9.17, 15) is 26.7 Å². The molecular formula is C11H9BrF5NO. The molecule has 19 heavy (non-hydrogen) atoms. The van der Waals surface area contributed by atoms with Gasteiger partial charge in [-0.15, -0.1) is 0 Å². The molecule has 2 nitrogen and oxygen atoms in total. The number of benzene rings is 1. The maximum Gasteiger partial charge on any atom is 0.416 e. The Morgan fingerprint density at radius 3 is 2.26 bits per heavy atom. The number of carbonyl (C=O) groups is 1. The van der Waals surface area contributed by atoms with E-state index in [-0.39, 0.29) is 5.33 Å². The Bertz CT molecular complexity index is 461. The summed E-state index contributed by atoms with van der Waals surface area (Å²) < 4.78 is 64.5. The fourth-order valence-corrected chi connectivity index (χ4v) is 1.48. The van der Waals surface area contributed by atoms with Crippen LogP contribution in [0.4, 0.5) is 22.0 Å². The maximum absolute atomic E-state index is 13.6. The molecule has 0 aromatic heterocycles. The van der Waals surface area contributed by atoms with Gasteiger partial charge in [-0.2, -0.15) is 22.0 Å². The summed E-state index contributed by atoms with van der Waals surface area (Å²) in [4.78, 5) is 10.8. The Hall–Kier alpha value is -1.18. The second kappa shape index (κ2) is 5.85. The van der Waals surface area contributed by atoms with Gasteiger partial charge in [-0.25, -0.2) is 0 Å². The van der Waals surface area contributed by atoms with Crippen molar-refractivity contribution in [2.45, 2.75) is 12.1 Å². The normalized spacial score (nSPS) is 12.3. The third kappa shape index (κ3) is 4.45. The SMILES string of the molecule is O=C(CBr)NCC(F)(F)c1cccc(C(F)(F)F)c1. The topological polar surface area (TPSA) is 29.1 Å². The number of hydrogen-bond acceptors (Lipinski definition) is 1. The van der Waals surface area contributed by atoms with Crippen molar-refractivity contribution in [3.8, 4) is 0 Å². The van der Waals surface area contributed by atoms with E-state index in [0.29, 0.717) is 12.1 Å². The Morgan fingerprint density at radius 1 is 1.16 bits per heavy atom. The summed E-state index contributed by atoms with van der Waals surface area (Å²) >= 11 is 2.77. The summed E-state index contributed by atoms with van der Waals surface area (Å²) in [6, 6.07) is 2.87. The van der Waals surface area contributed by atoms with Crippen molar-refractivity contribution in [2.24, 2.45) is 0 Å². The molecule has 0 aliphatic heterocycles. The number of alkyl halides is 6. The molecule has 0 saturated heterocycles. The minimum Gasteiger partial charge on any atom is -0.349 e. The second-order valence-electron chi connectivity index (χ2n) is 3.69. The van der Waals surface area contributed by atoms with E-state index in [2.05, 4.69) is 15.9 Å². The van der Waals surface area contributed by atoms with Crippen LogP contribution in [0.2, 0.25) is 0 Å². The van der Waals surface area contributed by atoms with Gasteiger partial charge in [-0.05, 0) is 12.1 Å². The van der Waals surface area contributed by atoms with Gasteiger partial charge in [-0.3, -0.25) is 4.79 Å². The molecule has 1 aromatic carbocycles. The average molecular weight is 346 g/mol. The van der Waals surface area contributed by atoms with Gasteiger partial charge in [0.1, 0.15) is 0 Å². The monoisotopic (exact) mass is 345 g/mol. The number of nitrogens with one attached hydrogen (secondary N) is 1. The molecule has 1 amide bonds. The summed E-state index contributed by atoms with van der Waals surface area (Å²) in [6.07, 6.45) is -4.69. The quantitative estimate of drug-likeness (QED) is 0.658. The van der Waals surface area contributed by atoms with Crippen molar-refractivity contribution in [2.75, 3.05) is 11.9 Å². The van der Waals surface area contributed by atoms with Gasteiger partial charge in [-0.1, -0.05) is 28.1 Å². The van der Waals surface area contributed by atoms with Crippen LogP contribution in [-0.4, -0.2) is 17.8 Å². The van der Waals surface area contributed by atoms with E-state index >= 15 is 0 Å². The molecule has 0 radical (unpaired) electrons. The van der Waals surface area contributed by atoms with Crippen LogP contribution in [0.25, 0.3) is 0 Å². The molecule has 0 aliphatic rings. The first-order chi connectivity index (χ1) is 8.66. The van der Waals surface area contributed by atoms with Gasteiger partial charge < -0.3 is 5.32 Å². The van der Waals surface area contributed by atoms with Crippen LogP contribution in [-0.2, 0) is 16.9 Å². The molecule has 0 bridgehead atoms. The van der Waals surface area contributed by atoms with E-state index in [4.69, 9.17) is 0 Å². The van der Waals surface area contributed by atoms with Crippen molar-refractivity contribution >= 4 is 21.8 Å². The summed E-state index contributed by atoms with van der Waals surface area (Å²) in [6.45, 7) is -1.06. The number of amides is 1. The Balaban J connectivity index is 2.92. The highest BCUT2D eigenvalue weighted by molar-refractivity contribution is 9.09. The van der Waals surface area contributed by atoms with Crippen molar-refractivity contribution in [3.63, 3.8) is 0 Å². The zero-order chi connectivity index (χ0) is 14.7. The first kappa shape index (κ1) is 15.9. The zero-order valence-corrected chi connectivity index (χ0v) is 11.0. The maximum atomic E-state index is 13.6. The number of halogens is 6. The molecule has 1 aromatic rings. The molecule has 0 fully saturated rings. The summed E-state index contributed by atoms with van der Waals surface area (Å²) in [5.74, 6) is -4.24. The Morgan fingerprint density at radius 2 is 1.74 bits per heavy atom. The van der Waals surface area contributed by atoms with E-state index in [0.717, 1.165) is 12.1 Å². The average Bonchev–Trinajstić information content (AvgIpc) is 2.35. The summed E-state index contributed by atoms with van der Waals surface area (Å²) in [5.41, 5.74) is -1.95. The molecule has 0 saturated carbocycles. The highest BCUT2D eigenvalue weighted by atomic mass is 79.9. The van der Waals surface area contributed by atoms with E-state index < -0.39 is 35.7 Å². The van der Waals surface area contributed by atoms with E-state index in [1.54, 1.807) is 0 Å². The van der Waals surface area contributed by atoms with Crippen LogP contribution < -0.4 is 5.32 Å². The molecule has 1 rings (SSSR count). The van der Waals surface area contributed by atoms with Crippen LogP contribution in [0, 0.1) is 0 Å². The first-order valence-corrected chi connectivity index (χ1v) is 6.17. The second-order valence-corrected chi connectivity index (χ2v) is 4.25. The fraction of sp³-hybridized carbons (Fsp3) is 0.364. The predicted octanol–water partition coefficient (Wildman–Crippen LogP) is 3.31. The minimum atomic E-state index is -4.69. The lowest BCUT2D eigenvalue weighted by Gasteiger charge is -2.18. The lowest BCUT2D eigenvalue weighted by Crippen LogP contribution is -2.35. The van der Waals surface area contributed by atoms with Crippen LogP contribution in [0.3, 0.4) is 0 Å². The predicted molar refractivity (Wildman–Crippen MR) is 62.1 cm³/mol. The smallest absolute Gasteiger partial charge is 0.349 e. The van der Waals surface area contributed by atoms with Gasteiger partial charge >= 0.3 is 6.18 Å². The number of rotatable bonds is 4. The molecule has 106 valence electrons. The van der Waals surface area contributed by atoms with Crippen LogP contribution >= 0.6 is 15.9 Å². The molecule has 0 unspecified atom stereocenters. The number of hydrogen-bond donors (Lipinski definition) is 1. The van der Waals surface area contributed by atoms with Crippen molar-refractivity contribution < 1.29 is 26.7 Å². The largest absolute Gasteiger partial charge is 0.416 e. The third-order valence-corrected chi connectivity index (χ3v) is 2.75. The summed E-state index contributed by atoms with van der Waals surface area (Å²) in [7, 11) is 0. The fourth-order valence-electron chi connectivity index (χ4n) is 1.28. The Kier molecular flexibility index (Phi) is 4.89. The van der Waals surface area contributed by atoms with Gasteiger partial charge in [0.2, 0.25) is 5.91 Å². The molecule has 0 spiro atoms. The zero-order valence-electron chi connectivity index (χ0n) is 9.40. The van der Waals surface area contributed by atoms with Crippen molar-refractivity contribution in [3.05, 3.63) is 35.4 Å².